The first-order chi connectivity index (χ1) is 9.24. The quantitative estimate of drug-likeness (QED) is 0.437. The maximum atomic E-state index is 12.1. The molecule has 0 unspecified atom stereocenters. The Kier molecular flexibility index (Phi) is 3.18. The standard InChI is InChI=1S/C11H14N6OS/c12-11-16-8-6(1-2-14-8)9(17-11)15-10(18)7-5-13-3-4-19-7/h1-2,5,11,13,17H,3-4,12H2,(H,14,16)(H,15,18)/t11-/m0/s1. The van der Waals surface area contributed by atoms with Crippen molar-refractivity contribution in [3.63, 3.8) is 0 Å². The Labute approximate surface area is 114 Å². The predicted octanol–water partition coefficient (Wildman–Crippen LogP) is -1.15. The molecule has 0 saturated carbocycles. The first-order valence-electron chi connectivity index (χ1n) is 5.89. The van der Waals surface area contributed by atoms with Crippen LogP contribution in [0.2, 0.25) is 0 Å². The molecule has 0 spiro atoms. The molecule has 0 bridgehead atoms. The summed E-state index contributed by atoms with van der Waals surface area (Å²) in [5.74, 6) is 1.98. The number of nitrogens with two attached hydrogens (primary N) is 1. The van der Waals surface area contributed by atoms with Crippen LogP contribution < -0.4 is 27.0 Å². The molecular weight excluding hydrogens is 264 g/mol. The number of aliphatic imine (C=N–C) groups is 1. The maximum absolute atomic E-state index is 12.1. The van der Waals surface area contributed by atoms with Gasteiger partial charge >= 0.3 is 0 Å². The molecule has 1 atom stereocenters. The number of nitrogens with one attached hydrogen (secondary N) is 4. The molecule has 100 valence electrons. The Morgan fingerprint density at radius 1 is 1.53 bits per heavy atom. The molecule has 0 aromatic heterocycles. The minimum atomic E-state index is -0.469. The zero-order chi connectivity index (χ0) is 13.2. The lowest BCUT2D eigenvalue weighted by Crippen LogP contribution is -2.58. The number of amidine groups is 1. The van der Waals surface area contributed by atoms with Crippen LogP contribution in [0.5, 0.6) is 0 Å². The number of amides is 1. The van der Waals surface area contributed by atoms with Crippen molar-refractivity contribution in [2.45, 2.75) is 6.29 Å². The highest BCUT2D eigenvalue weighted by Crippen LogP contribution is 2.19. The third-order valence-corrected chi connectivity index (χ3v) is 3.78. The van der Waals surface area contributed by atoms with Crippen molar-refractivity contribution in [1.29, 1.82) is 0 Å². The lowest BCUT2D eigenvalue weighted by molar-refractivity contribution is -0.116. The largest absolute Gasteiger partial charge is 0.389 e. The highest BCUT2D eigenvalue weighted by Gasteiger charge is 2.25. The molecule has 1 amide bonds. The highest BCUT2D eigenvalue weighted by molar-refractivity contribution is 8.04. The van der Waals surface area contributed by atoms with Gasteiger partial charge in [0.05, 0.1) is 10.5 Å². The van der Waals surface area contributed by atoms with Gasteiger partial charge in [-0.1, -0.05) is 0 Å². The van der Waals surface area contributed by atoms with Crippen molar-refractivity contribution in [2.75, 3.05) is 12.3 Å². The molecule has 3 rings (SSSR count). The van der Waals surface area contributed by atoms with Crippen LogP contribution >= 0.6 is 11.8 Å². The zero-order valence-corrected chi connectivity index (χ0v) is 10.9. The second-order valence-electron chi connectivity index (χ2n) is 4.11. The van der Waals surface area contributed by atoms with E-state index in [0.717, 1.165) is 17.9 Å². The number of fused-ring (bicyclic) bond motifs is 1. The van der Waals surface area contributed by atoms with Gasteiger partial charge < -0.3 is 21.3 Å². The van der Waals surface area contributed by atoms with Gasteiger partial charge in [-0.25, -0.2) is 4.99 Å². The molecule has 7 nitrogen and oxygen atoms in total. The molecule has 0 saturated heterocycles. The topological polar surface area (TPSA) is 104 Å². The van der Waals surface area contributed by atoms with E-state index >= 15 is 0 Å². The number of thioether (sulfide) groups is 1. The van der Waals surface area contributed by atoms with Gasteiger partial charge in [-0.15, -0.1) is 11.8 Å². The summed E-state index contributed by atoms with van der Waals surface area (Å²) in [6.07, 6.45) is 4.75. The minimum Gasteiger partial charge on any atom is -0.389 e. The van der Waals surface area contributed by atoms with Gasteiger partial charge in [0, 0.05) is 24.7 Å². The lowest BCUT2D eigenvalue weighted by Gasteiger charge is -2.27. The number of carbonyl (C=O) groups excluding carboxylic acids is 1. The summed E-state index contributed by atoms with van der Waals surface area (Å²) in [6.45, 7) is 0.877. The zero-order valence-electron chi connectivity index (χ0n) is 10.1. The van der Waals surface area contributed by atoms with Crippen molar-refractivity contribution in [2.24, 2.45) is 10.7 Å². The Balaban J connectivity index is 1.78. The van der Waals surface area contributed by atoms with Gasteiger partial charge in [0.1, 0.15) is 11.7 Å². The van der Waals surface area contributed by atoms with Crippen LogP contribution in [-0.4, -0.2) is 30.3 Å². The van der Waals surface area contributed by atoms with Crippen LogP contribution in [0.15, 0.2) is 39.8 Å². The fraction of sp³-hybridized carbons (Fsp3) is 0.273. The Hall–Kier alpha value is -1.93. The van der Waals surface area contributed by atoms with E-state index in [-0.39, 0.29) is 5.91 Å². The van der Waals surface area contributed by atoms with Crippen molar-refractivity contribution >= 4 is 23.5 Å². The number of rotatable bonds is 2. The normalized spacial score (nSPS) is 24.6. The Morgan fingerprint density at radius 2 is 2.42 bits per heavy atom. The molecular formula is C11H14N6OS. The van der Waals surface area contributed by atoms with Crippen LogP contribution in [0.4, 0.5) is 0 Å². The first-order valence-corrected chi connectivity index (χ1v) is 6.88. The van der Waals surface area contributed by atoms with E-state index < -0.39 is 6.29 Å². The molecule has 3 aliphatic rings. The minimum absolute atomic E-state index is 0.152. The molecule has 0 radical (unpaired) electrons. The summed E-state index contributed by atoms with van der Waals surface area (Å²) >= 11 is 1.53. The third-order valence-electron chi connectivity index (χ3n) is 2.76. The molecule has 0 aliphatic carbocycles. The van der Waals surface area contributed by atoms with Crippen LogP contribution in [0.25, 0.3) is 0 Å². The van der Waals surface area contributed by atoms with Gasteiger partial charge in [0.25, 0.3) is 5.91 Å². The Bertz CT molecular complexity index is 535. The molecule has 6 N–H and O–H groups in total. The van der Waals surface area contributed by atoms with E-state index in [2.05, 4.69) is 26.3 Å². The van der Waals surface area contributed by atoms with Crippen molar-refractivity contribution < 1.29 is 4.79 Å². The monoisotopic (exact) mass is 278 g/mol. The second-order valence-corrected chi connectivity index (χ2v) is 5.25. The summed E-state index contributed by atoms with van der Waals surface area (Å²) in [6, 6.07) is 0. The second kappa shape index (κ2) is 4.98. The van der Waals surface area contributed by atoms with E-state index in [1.807, 2.05) is 6.08 Å². The summed E-state index contributed by atoms with van der Waals surface area (Å²) in [5, 5.41) is 11.8. The van der Waals surface area contributed by atoms with Gasteiger partial charge in [-0.3, -0.25) is 10.5 Å². The smallest absolute Gasteiger partial charge is 0.264 e. The maximum Gasteiger partial charge on any atom is 0.264 e. The fourth-order valence-corrected chi connectivity index (χ4v) is 2.69. The van der Waals surface area contributed by atoms with E-state index in [9.17, 15) is 4.79 Å². The van der Waals surface area contributed by atoms with Crippen LogP contribution in [0.1, 0.15) is 0 Å². The average Bonchev–Trinajstić information content (AvgIpc) is 2.88. The molecule has 19 heavy (non-hydrogen) atoms. The Morgan fingerprint density at radius 3 is 3.21 bits per heavy atom. The van der Waals surface area contributed by atoms with Gasteiger partial charge in [0.15, 0.2) is 6.29 Å². The van der Waals surface area contributed by atoms with E-state index in [1.165, 1.54) is 11.8 Å². The summed E-state index contributed by atoms with van der Waals surface area (Å²) < 4.78 is 0. The van der Waals surface area contributed by atoms with E-state index in [4.69, 9.17) is 5.73 Å². The number of carbonyl (C=O) groups is 1. The van der Waals surface area contributed by atoms with Gasteiger partial charge in [-0.05, 0) is 6.08 Å². The van der Waals surface area contributed by atoms with E-state index in [1.54, 1.807) is 12.4 Å². The average molecular weight is 278 g/mol. The number of hydrogen-bond acceptors (Lipinski definition) is 7. The van der Waals surface area contributed by atoms with Crippen LogP contribution in [0.3, 0.4) is 0 Å². The lowest BCUT2D eigenvalue weighted by atomic mass is 10.2. The first kappa shape index (κ1) is 12.1. The molecule has 3 heterocycles. The predicted molar refractivity (Wildman–Crippen MR) is 74.5 cm³/mol. The number of nitrogens with zero attached hydrogens (tertiary/aromatic N) is 1. The third kappa shape index (κ3) is 2.45. The van der Waals surface area contributed by atoms with Crippen LogP contribution in [0, 0.1) is 0 Å². The summed E-state index contributed by atoms with van der Waals surface area (Å²) in [7, 11) is 0. The van der Waals surface area contributed by atoms with E-state index in [0.29, 0.717) is 16.6 Å². The van der Waals surface area contributed by atoms with Gasteiger partial charge in [0.2, 0.25) is 0 Å². The molecule has 0 aromatic carbocycles. The van der Waals surface area contributed by atoms with Gasteiger partial charge in [-0.2, -0.15) is 0 Å². The van der Waals surface area contributed by atoms with Crippen molar-refractivity contribution in [3.8, 4) is 0 Å². The van der Waals surface area contributed by atoms with Crippen molar-refractivity contribution in [1.82, 2.24) is 21.3 Å². The summed E-state index contributed by atoms with van der Waals surface area (Å²) in [4.78, 5) is 16.9. The number of hydrogen-bond donors (Lipinski definition) is 5. The van der Waals surface area contributed by atoms with Crippen LogP contribution in [-0.2, 0) is 4.79 Å². The highest BCUT2D eigenvalue weighted by atomic mass is 32.2. The molecule has 0 fully saturated rings. The van der Waals surface area contributed by atoms with Crippen molar-refractivity contribution in [3.05, 3.63) is 34.8 Å². The molecule has 8 heteroatoms. The molecule has 0 aromatic rings. The molecule has 3 aliphatic heterocycles. The summed E-state index contributed by atoms with van der Waals surface area (Å²) in [5.41, 5.74) is 6.60. The SMILES string of the molecule is N[C@H]1NC2=NC=CC2=C(NC(=O)C2=CNCCS2)N1. The fourth-order valence-electron chi connectivity index (χ4n) is 1.90.